The molecular formula is C12H16Cl2N2O3S. The molecule has 1 heterocycles. The lowest BCUT2D eigenvalue weighted by atomic mass is 9.85. The first-order valence-electron chi connectivity index (χ1n) is 6.05. The zero-order valence-electron chi connectivity index (χ0n) is 11.1. The fraction of sp³-hybridized carbons (Fsp3) is 0.500. The fourth-order valence-electron chi connectivity index (χ4n) is 1.99. The van der Waals surface area contributed by atoms with E-state index in [0.29, 0.717) is 0 Å². The SMILES string of the molecule is CC(C)C1(O)CN(S(=O)(=O)c2ccc(Cl)c(N)c2Cl)C1. The highest BCUT2D eigenvalue weighted by atomic mass is 35.5. The van der Waals surface area contributed by atoms with Gasteiger partial charge in [-0.15, -0.1) is 0 Å². The third-order valence-corrected chi connectivity index (χ3v) is 6.37. The Labute approximate surface area is 128 Å². The summed E-state index contributed by atoms with van der Waals surface area (Å²) in [4.78, 5) is -0.0909. The van der Waals surface area contributed by atoms with Crippen molar-refractivity contribution in [2.75, 3.05) is 18.8 Å². The van der Waals surface area contributed by atoms with E-state index in [9.17, 15) is 13.5 Å². The molecule has 1 saturated heterocycles. The molecule has 0 aliphatic carbocycles. The minimum Gasteiger partial charge on any atom is -0.396 e. The van der Waals surface area contributed by atoms with Crippen LogP contribution in [0.5, 0.6) is 0 Å². The maximum Gasteiger partial charge on any atom is 0.244 e. The minimum atomic E-state index is -3.77. The Morgan fingerprint density at radius 1 is 1.35 bits per heavy atom. The Hall–Kier alpha value is -0.530. The van der Waals surface area contributed by atoms with Gasteiger partial charge in [0.2, 0.25) is 10.0 Å². The number of nitrogen functional groups attached to an aromatic ring is 1. The minimum absolute atomic E-state index is 0.0280. The molecule has 1 aromatic carbocycles. The van der Waals surface area contributed by atoms with Crippen molar-refractivity contribution in [2.24, 2.45) is 5.92 Å². The summed E-state index contributed by atoms with van der Waals surface area (Å²) in [6, 6.07) is 2.72. The standard InChI is InChI=1S/C12H16Cl2N2O3S/c1-7(2)12(17)5-16(6-12)20(18,19)9-4-3-8(13)11(15)10(9)14/h3-4,7,17H,5-6,15H2,1-2H3. The van der Waals surface area contributed by atoms with Gasteiger partial charge >= 0.3 is 0 Å². The molecule has 0 unspecified atom stereocenters. The average Bonchev–Trinajstić information content (AvgIpc) is 2.31. The Morgan fingerprint density at radius 2 is 1.90 bits per heavy atom. The zero-order valence-corrected chi connectivity index (χ0v) is 13.4. The van der Waals surface area contributed by atoms with Gasteiger partial charge in [0.1, 0.15) is 4.90 Å². The first kappa shape index (κ1) is 15.9. The molecule has 0 aromatic heterocycles. The van der Waals surface area contributed by atoms with Crippen molar-refractivity contribution in [3.63, 3.8) is 0 Å². The first-order chi connectivity index (χ1) is 9.09. The highest BCUT2D eigenvalue weighted by molar-refractivity contribution is 7.89. The molecule has 0 bridgehead atoms. The largest absolute Gasteiger partial charge is 0.396 e. The molecule has 0 radical (unpaired) electrons. The highest BCUT2D eigenvalue weighted by Gasteiger charge is 2.49. The van der Waals surface area contributed by atoms with Crippen LogP contribution in [0.3, 0.4) is 0 Å². The van der Waals surface area contributed by atoms with Crippen molar-refractivity contribution in [2.45, 2.75) is 24.3 Å². The number of sulfonamides is 1. The van der Waals surface area contributed by atoms with Crippen LogP contribution in [0.25, 0.3) is 0 Å². The summed E-state index contributed by atoms with van der Waals surface area (Å²) >= 11 is 11.8. The molecular weight excluding hydrogens is 323 g/mol. The summed E-state index contributed by atoms with van der Waals surface area (Å²) in [6.07, 6.45) is 0. The van der Waals surface area contributed by atoms with Crippen LogP contribution in [0.4, 0.5) is 5.69 Å². The zero-order chi connectivity index (χ0) is 15.3. The molecule has 5 nitrogen and oxygen atoms in total. The number of aliphatic hydroxyl groups is 1. The highest BCUT2D eigenvalue weighted by Crippen LogP contribution is 2.38. The van der Waals surface area contributed by atoms with E-state index >= 15 is 0 Å². The summed E-state index contributed by atoms with van der Waals surface area (Å²) in [5, 5.41) is 10.3. The van der Waals surface area contributed by atoms with Crippen molar-refractivity contribution < 1.29 is 13.5 Å². The quantitative estimate of drug-likeness (QED) is 0.825. The molecule has 1 fully saturated rings. The molecule has 20 heavy (non-hydrogen) atoms. The van der Waals surface area contributed by atoms with E-state index in [4.69, 9.17) is 28.9 Å². The molecule has 112 valence electrons. The van der Waals surface area contributed by atoms with Gasteiger partial charge in [-0.3, -0.25) is 0 Å². The van der Waals surface area contributed by atoms with Crippen LogP contribution in [-0.2, 0) is 10.0 Å². The lowest BCUT2D eigenvalue weighted by Crippen LogP contribution is -2.65. The monoisotopic (exact) mass is 338 g/mol. The lowest BCUT2D eigenvalue weighted by Gasteiger charge is -2.47. The van der Waals surface area contributed by atoms with Gasteiger partial charge in [0, 0.05) is 13.1 Å². The summed E-state index contributed by atoms with van der Waals surface area (Å²) < 4.78 is 26.1. The molecule has 8 heteroatoms. The molecule has 1 aliphatic heterocycles. The molecule has 0 saturated carbocycles. The number of anilines is 1. The predicted molar refractivity (Wildman–Crippen MR) is 79.4 cm³/mol. The number of benzene rings is 1. The molecule has 0 spiro atoms. The Morgan fingerprint density at radius 3 is 2.40 bits per heavy atom. The Kier molecular flexibility index (Phi) is 3.99. The number of nitrogens with two attached hydrogens (primary N) is 1. The number of β-amino-alcohol motifs (C(OH)–C–C–N with tert-alkyl or cyclic N) is 1. The Bertz CT molecular complexity index is 640. The summed E-state index contributed by atoms with van der Waals surface area (Å²) in [5.41, 5.74) is 4.69. The van der Waals surface area contributed by atoms with Crippen molar-refractivity contribution in [1.82, 2.24) is 4.31 Å². The number of hydrogen-bond acceptors (Lipinski definition) is 4. The van der Waals surface area contributed by atoms with Crippen LogP contribution in [0.15, 0.2) is 17.0 Å². The van der Waals surface area contributed by atoms with Crippen molar-refractivity contribution in [3.8, 4) is 0 Å². The maximum atomic E-state index is 12.4. The van der Waals surface area contributed by atoms with E-state index < -0.39 is 15.6 Å². The van der Waals surface area contributed by atoms with Gasteiger partial charge in [0.05, 0.1) is 21.3 Å². The second kappa shape index (κ2) is 5.03. The second-order valence-corrected chi connectivity index (χ2v) is 8.00. The van der Waals surface area contributed by atoms with E-state index in [1.54, 1.807) is 0 Å². The van der Waals surface area contributed by atoms with Crippen molar-refractivity contribution in [3.05, 3.63) is 22.2 Å². The van der Waals surface area contributed by atoms with Crippen LogP contribution in [0.2, 0.25) is 10.0 Å². The topological polar surface area (TPSA) is 83.6 Å². The van der Waals surface area contributed by atoms with E-state index in [2.05, 4.69) is 0 Å². The second-order valence-electron chi connectivity index (χ2n) is 5.30. The van der Waals surface area contributed by atoms with Crippen LogP contribution in [-0.4, -0.2) is 36.5 Å². The molecule has 2 rings (SSSR count). The van der Waals surface area contributed by atoms with E-state index in [0.717, 1.165) is 0 Å². The van der Waals surface area contributed by atoms with Gasteiger partial charge in [-0.05, 0) is 18.1 Å². The third kappa shape index (κ3) is 2.40. The number of rotatable bonds is 3. The van der Waals surface area contributed by atoms with Crippen LogP contribution in [0, 0.1) is 5.92 Å². The lowest BCUT2D eigenvalue weighted by molar-refractivity contribution is -0.0932. The van der Waals surface area contributed by atoms with Gasteiger partial charge in [-0.2, -0.15) is 4.31 Å². The summed E-state index contributed by atoms with van der Waals surface area (Å²) in [7, 11) is -3.77. The summed E-state index contributed by atoms with van der Waals surface area (Å²) in [5.74, 6) is -0.0280. The normalized spacial score (nSPS) is 19.1. The number of nitrogens with zero attached hydrogens (tertiary/aromatic N) is 1. The number of halogens is 2. The van der Waals surface area contributed by atoms with Gasteiger partial charge in [-0.25, -0.2) is 8.42 Å². The van der Waals surface area contributed by atoms with Crippen LogP contribution in [0.1, 0.15) is 13.8 Å². The van der Waals surface area contributed by atoms with Crippen LogP contribution < -0.4 is 5.73 Å². The molecule has 0 amide bonds. The molecule has 1 aromatic rings. The van der Waals surface area contributed by atoms with Crippen molar-refractivity contribution >= 4 is 38.9 Å². The number of hydrogen-bond donors (Lipinski definition) is 2. The smallest absolute Gasteiger partial charge is 0.244 e. The van der Waals surface area contributed by atoms with Gasteiger partial charge in [0.25, 0.3) is 0 Å². The molecule has 3 N–H and O–H groups in total. The van der Waals surface area contributed by atoms with Gasteiger partial charge in [0.15, 0.2) is 0 Å². The van der Waals surface area contributed by atoms with E-state index in [-0.39, 0.29) is 39.6 Å². The molecule has 0 atom stereocenters. The molecule has 1 aliphatic rings. The van der Waals surface area contributed by atoms with Crippen LogP contribution >= 0.6 is 23.2 Å². The predicted octanol–water partition coefficient (Wildman–Crippen LogP) is 1.97. The van der Waals surface area contributed by atoms with Gasteiger partial charge < -0.3 is 10.8 Å². The third-order valence-electron chi connectivity index (χ3n) is 3.68. The Balaban J connectivity index is 2.33. The van der Waals surface area contributed by atoms with Gasteiger partial charge in [-0.1, -0.05) is 37.0 Å². The van der Waals surface area contributed by atoms with E-state index in [1.165, 1.54) is 16.4 Å². The maximum absolute atomic E-state index is 12.4. The van der Waals surface area contributed by atoms with Crippen molar-refractivity contribution in [1.29, 1.82) is 0 Å². The summed E-state index contributed by atoms with van der Waals surface area (Å²) in [6.45, 7) is 3.78. The van der Waals surface area contributed by atoms with E-state index in [1.807, 2.05) is 13.8 Å². The first-order valence-corrected chi connectivity index (χ1v) is 8.25. The fourth-order valence-corrected chi connectivity index (χ4v) is 4.29. The average molecular weight is 339 g/mol.